The minimum absolute atomic E-state index is 0.0447. The van der Waals surface area contributed by atoms with E-state index in [2.05, 4.69) is 5.32 Å². The number of hydrogen-bond donors (Lipinski definition) is 1. The van der Waals surface area contributed by atoms with Gasteiger partial charge in [-0.3, -0.25) is 19.3 Å². The van der Waals surface area contributed by atoms with Gasteiger partial charge in [-0.1, -0.05) is 29.8 Å². The molecule has 2 aromatic carbocycles. The van der Waals surface area contributed by atoms with Crippen LogP contribution < -0.4 is 5.32 Å². The van der Waals surface area contributed by atoms with E-state index in [1.165, 1.54) is 24.3 Å². The summed E-state index contributed by atoms with van der Waals surface area (Å²) in [5.41, 5.74) is 2.22. The van der Waals surface area contributed by atoms with Gasteiger partial charge in [0, 0.05) is 24.9 Å². The molecule has 1 aliphatic rings. The summed E-state index contributed by atoms with van der Waals surface area (Å²) in [7, 11) is -3.34. The van der Waals surface area contributed by atoms with Crippen molar-refractivity contribution in [3.05, 3.63) is 70.1 Å². The first-order valence-corrected chi connectivity index (χ1v) is 11.8. The predicted octanol–water partition coefficient (Wildman–Crippen LogP) is 2.86. The molecule has 0 aliphatic carbocycles. The Balaban J connectivity index is 1.58. The van der Waals surface area contributed by atoms with E-state index in [0.717, 1.165) is 34.0 Å². The van der Waals surface area contributed by atoms with E-state index in [-0.39, 0.29) is 28.8 Å². The van der Waals surface area contributed by atoms with Crippen molar-refractivity contribution in [1.29, 1.82) is 0 Å². The topological polar surface area (TPSA) is 101 Å². The van der Waals surface area contributed by atoms with Crippen LogP contribution in [0.4, 0.5) is 4.79 Å². The van der Waals surface area contributed by atoms with Gasteiger partial charge in [-0.2, -0.15) is 0 Å². The third-order valence-corrected chi connectivity index (χ3v) is 6.45. The Bertz CT molecular complexity index is 1120. The third-order valence-electron chi connectivity index (χ3n) is 4.41. The summed E-state index contributed by atoms with van der Waals surface area (Å²) < 4.78 is 22.9. The maximum absolute atomic E-state index is 12.5. The van der Waals surface area contributed by atoms with Gasteiger partial charge >= 0.3 is 0 Å². The molecule has 0 unspecified atom stereocenters. The predicted molar refractivity (Wildman–Crippen MR) is 116 cm³/mol. The van der Waals surface area contributed by atoms with Crippen LogP contribution in [0.25, 0.3) is 6.08 Å². The van der Waals surface area contributed by atoms with Crippen LogP contribution in [-0.2, 0) is 14.6 Å². The quantitative estimate of drug-likeness (QED) is 0.688. The lowest BCUT2D eigenvalue weighted by Gasteiger charge is -2.13. The van der Waals surface area contributed by atoms with Gasteiger partial charge in [-0.25, -0.2) is 8.42 Å². The van der Waals surface area contributed by atoms with Crippen LogP contribution >= 0.6 is 11.8 Å². The molecule has 3 amide bonds. The molecule has 1 aliphatic heterocycles. The number of amides is 3. The Morgan fingerprint density at radius 2 is 1.70 bits per heavy atom. The molecule has 0 bridgehead atoms. The molecular weight excluding hydrogens is 424 g/mol. The van der Waals surface area contributed by atoms with E-state index < -0.39 is 21.7 Å². The van der Waals surface area contributed by atoms with E-state index in [1.807, 2.05) is 31.2 Å². The Hall–Kier alpha value is -2.91. The Labute approximate surface area is 179 Å². The highest BCUT2D eigenvalue weighted by Gasteiger charge is 2.34. The van der Waals surface area contributed by atoms with Gasteiger partial charge in [-0.15, -0.1) is 0 Å². The number of thioether (sulfide) groups is 1. The van der Waals surface area contributed by atoms with Crippen LogP contribution in [-0.4, -0.2) is 49.7 Å². The molecule has 9 heteroatoms. The number of carbonyl (C=O) groups is 3. The highest BCUT2D eigenvalue weighted by Crippen LogP contribution is 2.31. The number of hydrogen-bond acceptors (Lipinski definition) is 6. The van der Waals surface area contributed by atoms with Crippen molar-refractivity contribution in [2.45, 2.75) is 11.8 Å². The first-order chi connectivity index (χ1) is 14.1. The van der Waals surface area contributed by atoms with Crippen LogP contribution in [0.1, 0.15) is 21.5 Å². The average molecular weight is 445 g/mol. The summed E-state index contributed by atoms with van der Waals surface area (Å²) in [6.07, 6.45) is 2.76. The Morgan fingerprint density at radius 3 is 2.30 bits per heavy atom. The number of sulfone groups is 1. The van der Waals surface area contributed by atoms with E-state index in [4.69, 9.17) is 0 Å². The van der Waals surface area contributed by atoms with Crippen LogP contribution in [0.3, 0.4) is 0 Å². The summed E-state index contributed by atoms with van der Waals surface area (Å²) in [6, 6.07) is 13.1. The number of benzene rings is 2. The van der Waals surface area contributed by atoms with Gasteiger partial charge in [0.1, 0.15) is 0 Å². The minimum Gasteiger partial charge on any atom is -0.350 e. The summed E-state index contributed by atoms with van der Waals surface area (Å²) in [5.74, 6) is -0.811. The fraction of sp³-hybridized carbons (Fsp3) is 0.190. The normalized spacial score (nSPS) is 15.7. The number of nitrogens with one attached hydrogen (secondary N) is 1. The van der Waals surface area contributed by atoms with Crippen molar-refractivity contribution >= 4 is 44.7 Å². The molecule has 30 heavy (non-hydrogen) atoms. The van der Waals surface area contributed by atoms with Crippen molar-refractivity contribution in [1.82, 2.24) is 10.2 Å². The van der Waals surface area contributed by atoms with Gasteiger partial charge in [0.15, 0.2) is 9.84 Å². The summed E-state index contributed by atoms with van der Waals surface area (Å²) in [4.78, 5) is 38.5. The van der Waals surface area contributed by atoms with Gasteiger partial charge in [-0.05, 0) is 54.6 Å². The molecule has 1 heterocycles. The molecule has 156 valence electrons. The number of nitrogens with zero attached hydrogens (tertiary/aromatic N) is 1. The van der Waals surface area contributed by atoms with Gasteiger partial charge < -0.3 is 5.32 Å². The smallest absolute Gasteiger partial charge is 0.293 e. The molecular formula is C21H20N2O5S2. The Morgan fingerprint density at radius 1 is 1.07 bits per heavy atom. The SMILES string of the molecule is Cc1ccc(/C=C2\SC(=O)N(CCNC(=O)c3ccc(S(C)(=O)=O)cc3)C2=O)cc1. The summed E-state index contributed by atoms with van der Waals surface area (Å²) in [6.45, 7) is 2.09. The lowest BCUT2D eigenvalue weighted by molar-refractivity contribution is -0.122. The monoisotopic (exact) mass is 444 g/mol. The molecule has 0 spiro atoms. The number of rotatable bonds is 6. The second-order valence-corrected chi connectivity index (χ2v) is 9.81. The fourth-order valence-corrected chi connectivity index (χ4v) is 4.24. The van der Waals surface area contributed by atoms with Crippen molar-refractivity contribution in [3.63, 3.8) is 0 Å². The van der Waals surface area contributed by atoms with E-state index in [0.29, 0.717) is 4.91 Å². The van der Waals surface area contributed by atoms with Gasteiger partial charge in [0.2, 0.25) is 0 Å². The van der Waals surface area contributed by atoms with Crippen molar-refractivity contribution in [2.24, 2.45) is 0 Å². The number of imide groups is 1. The van der Waals surface area contributed by atoms with Crippen molar-refractivity contribution in [2.75, 3.05) is 19.3 Å². The molecule has 1 fully saturated rings. The van der Waals surface area contributed by atoms with Crippen LogP contribution in [0, 0.1) is 6.92 Å². The number of carbonyl (C=O) groups excluding carboxylic acids is 3. The standard InChI is InChI=1S/C21H20N2O5S2/c1-14-3-5-15(6-4-14)13-18-20(25)23(21(26)29-18)12-11-22-19(24)16-7-9-17(10-8-16)30(2,27)28/h3-10,13H,11-12H2,1-2H3,(H,22,24)/b18-13-. The zero-order chi connectivity index (χ0) is 21.9. The average Bonchev–Trinajstić information content (AvgIpc) is 2.96. The second-order valence-electron chi connectivity index (χ2n) is 6.80. The van der Waals surface area contributed by atoms with E-state index >= 15 is 0 Å². The molecule has 7 nitrogen and oxygen atoms in total. The zero-order valence-corrected chi connectivity index (χ0v) is 18.0. The van der Waals surface area contributed by atoms with Gasteiger partial charge in [0.05, 0.1) is 9.80 Å². The third kappa shape index (κ3) is 5.17. The van der Waals surface area contributed by atoms with E-state index in [9.17, 15) is 22.8 Å². The number of aryl methyl sites for hydroxylation is 1. The maximum atomic E-state index is 12.5. The molecule has 1 N–H and O–H groups in total. The molecule has 0 aromatic heterocycles. The van der Waals surface area contributed by atoms with Crippen LogP contribution in [0.15, 0.2) is 58.3 Å². The summed E-state index contributed by atoms with van der Waals surface area (Å²) >= 11 is 0.869. The molecule has 0 radical (unpaired) electrons. The van der Waals surface area contributed by atoms with E-state index in [1.54, 1.807) is 6.08 Å². The molecule has 2 aromatic rings. The van der Waals surface area contributed by atoms with Gasteiger partial charge in [0.25, 0.3) is 17.1 Å². The van der Waals surface area contributed by atoms with Crippen molar-refractivity contribution < 1.29 is 22.8 Å². The Kier molecular flexibility index (Phi) is 6.42. The van der Waals surface area contributed by atoms with Crippen LogP contribution in [0.5, 0.6) is 0 Å². The zero-order valence-electron chi connectivity index (χ0n) is 16.4. The lowest BCUT2D eigenvalue weighted by atomic mass is 10.1. The first-order valence-electron chi connectivity index (χ1n) is 9.05. The summed E-state index contributed by atoms with van der Waals surface area (Å²) in [5, 5.41) is 2.25. The molecule has 1 saturated heterocycles. The largest absolute Gasteiger partial charge is 0.350 e. The molecule has 0 atom stereocenters. The maximum Gasteiger partial charge on any atom is 0.293 e. The first kappa shape index (κ1) is 21.8. The fourth-order valence-electron chi connectivity index (χ4n) is 2.74. The lowest BCUT2D eigenvalue weighted by Crippen LogP contribution is -2.37. The van der Waals surface area contributed by atoms with Crippen LogP contribution in [0.2, 0.25) is 0 Å². The highest BCUT2D eigenvalue weighted by molar-refractivity contribution is 8.18. The second kappa shape index (κ2) is 8.85. The molecule has 3 rings (SSSR count). The molecule has 0 saturated carbocycles. The van der Waals surface area contributed by atoms with Crippen molar-refractivity contribution in [3.8, 4) is 0 Å². The minimum atomic E-state index is -3.34. The highest BCUT2D eigenvalue weighted by atomic mass is 32.2.